The molecule has 1 atom stereocenters. The van der Waals surface area contributed by atoms with Gasteiger partial charge >= 0.3 is 0 Å². The van der Waals surface area contributed by atoms with Gasteiger partial charge in [0.1, 0.15) is 0 Å². The van der Waals surface area contributed by atoms with Crippen molar-refractivity contribution in [2.24, 2.45) is 5.73 Å². The summed E-state index contributed by atoms with van der Waals surface area (Å²) in [7, 11) is 0.571. The smallest absolute Gasteiger partial charge is 0.243 e. The topological polar surface area (TPSA) is 66.6 Å². The molecule has 2 N–H and O–H groups in total. The summed E-state index contributed by atoms with van der Waals surface area (Å²) >= 11 is 0. The number of nitrogens with zero attached hydrogens (tertiary/aromatic N) is 2. The first-order valence-electron chi connectivity index (χ1n) is 6.89. The number of hydrogen-bond acceptors (Lipinski definition) is 4. The fourth-order valence-electron chi connectivity index (χ4n) is 2.47. The summed E-state index contributed by atoms with van der Waals surface area (Å²) < 4.78 is 26.6. The zero-order chi connectivity index (χ0) is 14.8. The number of nitrogens with two attached hydrogens (primary N) is 1. The van der Waals surface area contributed by atoms with Crippen LogP contribution in [0.5, 0.6) is 0 Å². The van der Waals surface area contributed by atoms with Crippen molar-refractivity contribution >= 4 is 10.0 Å². The molecular weight excluding hydrogens is 274 g/mol. The van der Waals surface area contributed by atoms with Crippen molar-refractivity contribution < 1.29 is 8.42 Å². The second-order valence-corrected chi connectivity index (χ2v) is 7.59. The second-order valence-electron chi connectivity index (χ2n) is 5.65. The van der Waals surface area contributed by atoms with Gasteiger partial charge in [-0.05, 0) is 44.6 Å². The van der Waals surface area contributed by atoms with Crippen LogP contribution in [0.25, 0.3) is 0 Å². The van der Waals surface area contributed by atoms with Crippen molar-refractivity contribution in [3.63, 3.8) is 0 Å². The Balaban J connectivity index is 2.17. The van der Waals surface area contributed by atoms with Crippen LogP contribution >= 0.6 is 0 Å². The minimum Gasteiger partial charge on any atom is -0.327 e. The number of benzene rings is 1. The molecule has 0 unspecified atom stereocenters. The van der Waals surface area contributed by atoms with Crippen molar-refractivity contribution in [2.75, 3.05) is 27.2 Å². The standard InChI is InChI=1S/C14H23N3O2S/c1-16(2)10-12-5-7-14(8-6-12)20(18,19)17-9-3-4-13(15)11-17/h5-8,13H,3-4,9-11,15H2,1-2H3/t13-/m1/s1. The number of sulfonamides is 1. The first-order valence-corrected chi connectivity index (χ1v) is 8.33. The number of hydrogen-bond donors (Lipinski definition) is 1. The molecule has 1 aromatic carbocycles. The minimum absolute atomic E-state index is 0.0495. The summed E-state index contributed by atoms with van der Waals surface area (Å²) in [6, 6.07) is 7.07. The van der Waals surface area contributed by atoms with Gasteiger partial charge in [-0.25, -0.2) is 8.42 Å². The average Bonchev–Trinajstić information content (AvgIpc) is 2.38. The lowest BCUT2D eigenvalue weighted by atomic mass is 10.1. The Morgan fingerprint density at radius 2 is 1.95 bits per heavy atom. The van der Waals surface area contributed by atoms with E-state index in [1.54, 1.807) is 12.1 Å². The van der Waals surface area contributed by atoms with Crippen LogP contribution in [0.15, 0.2) is 29.2 Å². The van der Waals surface area contributed by atoms with Crippen LogP contribution < -0.4 is 5.73 Å². The van der Waals surface area contributed by atoms with Gasteiger partial charge in [-0.2, -0.15) is 4.31 Å². The first-order chi connectivity index (χ1) is 9.39. The number of piperidine rings is 1. The molecule has 112 valence electrons. The molecule has 1 saturated heterocycles. The van der Waals surface area contributed by atoms with E-state index in [-0.39, 0.29) is 6.04 Å². The Labute approximate surface area is 121 Å². The second kappa shape index (κ2) is 6.22. The van der Waals surface area contributed by atoms with Gasteiger partial charge in [-0.15, -0.1) is 0 Å². The van der Waals surface area contributed by atoms with E-state index in [0.717, 1.165) is 24.9 Å². The van der Waals surface area contributed by atoms with Crippen molar-refractivity contribution in [1.82, 2.24) is 9.21 Å². The maximum Gasteiger partial charge on any atom is 0.243 e. The largest absolute Gasteiger partial charge is 0.327 e. The molecule has 0 amide bonds. The Hall–Kier alpha value is -0.950. The van der Waals surface area contributed by atoms with Gasteiger partial charge in [0.15, 0.2) is 0 Å². The van der Waals surface area contributed by atoms with Gasteiger partial charge in [0.2, 0.25) is 10.0 Å². The third-order valence-electron chi connectivity index (χ3n) is 3.48. The molecule has 6 heteroatoms. The fraction of sp³-hybridized carbons (Fsp3) is 0.571. The molecule has 0 radical (unpaired) electrons. The van der Waals surface area contributed by atoms with E-state index < -0.39 is 10.0 Å². The Morgan fingerprint density at radius 3 is 2.50 bits per heavy atom. The maximum absolute atomic E-state index is 12.5. The lowest BCUT2D eigenvalue weighted by molar-refractivity contribution is 0.316. The van der Waals surface area contributed by atoms with Gasteiger partial charge in [0.25, 0.3) is 0 Å². The molecule has 1 aromatic rings. The summed E-state index contributed by atoms with van der Waals surface area (Å²) in [6.07, 6.45) is 1.73. The van der Waals surface area contributed by atoms with Crippen LogP contribution in [0.1, 0.15) is 18.4 Å². The third-order valence-corrected chi connectivity index (χ3v) is 5.36. The lowest BCUT2D eigenvalue weighted by Crippen LogP contribution is -2.45. The highest BCUT2D eigenvalue weighted by Gasteiger charge is 2.28. The van der Waals surface area contributed by atoms with Crippen LogP contribution in [0.3, 0.4) is 0 Å². The Kier molecular flexibility index (Phi) is 4.80. The molecule has 20 heavy (non-hydrogen) atoms. The maximum atomic E-state index is 12.5. The van der Waals surface area contributed by atoms with Crippen LogP contribution in [-0.4, -0.2) is 50.8 Å². The van der Waals surface area contributed by atoms with Gasteiger partial charge in [0, 0.05) is 25.7 Å². The highest BCUT2D eigenvalue weighted by Crippen LogP contribution is 2.20. The Bertz CT molecular complexity index is 540. The van der Waals surface area contributed by atoms with Gasteiger partial charge in [-0.3, -0.25) is 0 Å². The predicted octanol–water partition coefficient (Wildman–Crippen LogP) is 0.860. The quantitative estimate of drug-likeness (QED) is 0.895. The molecule has 2 rings (SSSR count). The lowest BCUT2D eigenvalue weighted by Gasteiger charge is -2.29. The van der Waals surface area contributed by atoms with Crippen molar-refractivity contribution in [1.29, 1.82) is 0 Å². The molecular formula is C14H23N3O2S. The van der Waals surface area contributed by atoms with Gasteiger partial charge in [-0.1, -0.05) is 12.1 Å². The minimum atomic E-state index is -3.40. The van der Waals surface area contributed by atoms with E-state index in [1.807, 2.05) is 31.1 Å². The third kappa shape index (κ3) is 3.58. The van der Waals surface area contributed by atoms with Gasteiger partial charge < -0.3 is 10.6 Å². The highest BCUT2D eigenvalue weighted by atomic mass is 32.2. The first kappa shape index (κ1) is 15.4. The predicted molar refractivity (Wildman–Crippen MR) is 79.8 cm³/mol. The summed E-state index contributed by atoms with van der Waals surface area (Å²) in [4.78, 5) is 2.40. The van der Waals surface area contributed by atoms with Crippen molar-refractivity contribution in [2.45, 2.75) is 30.3 Å². The normalized spacial score (nSPS) is 21.3. The summed E-state index contributed by atoms with van der Waals surface area (Å²) in [5.41, 5.74) is 6.97. The molecule has 1 aliphatic heterocycles. The van der Waals surface area contributed by atoms with Crippen LogP contribution in [0, 0.1) is 0 Å². The molecule has 0 aliphatic carbocycles. The van der Waals surface area contributed by atoms with Crippen LogP contribution in [0.4, 0.5) is 0 Å². The molecule has 0 aromatic heterocycles. The average molecular weight is 297 g/mol. The summed E-state index contributed by atoms with van der Waals surface area (Å²) in [6.45, 7) is 1.78. The van der Waals surface area contributed by atoms with E-state index in [4.69, 9.17) is 5.73 Å². The zero-order valence-corrected chi connectivity index (χ0v) is 12.9. The van der Waals surface area contributed by atoms with E-state index in [1.165, 1.54) is 4.31 Å². The van der Waals surface area contributed by atoms with Crippen LogP contribution in [0.2, 0.25) is 0 Å². The molecule has 1 fully saturated rings. The monoisotopic (exact) mass is 297 g/mol. The molecule has 1 heterocycles. The number of rotatable bonds is 4. The molecule has 1 aliphatic rings. The van der Waals surface area contributed by atoms with Crippen LogP contribution in [-0.2, 0) is 16.6 Å². The highest BCUT2D eigenvalue weighted by molar-refractivity contribution is 7.89. The Morgan fingerprint density at radius 1 is 1.30 bits per heavy atom. The fourth-order valence-corrected chi connectivity index (χ4v) is 4.01. The summed E-state index contributed by atoms with van der Waals surface area (Å²) in [5.74, 6) is 0. The molecule has 0 spiro atoms. The van der Waals surface area contributed by atoms with E-state index in [0.29, 0.717) is 18.0 Å². The van der Waals surface area contributed by atoms with E-state index in [9.17, 15) is 8.42 Å². The summed E-state index contributed by atoms with van der Waals surface area (Å²) in [5, 5.41) is 0. The van der Waals surface area contributed by atoms with Gasteiger partial charge in [0.05, 0.1) is 4.90 Å². The molecule has 5 nitrogen and oxygen atoms in total. The molecule has 0 bridgehead atoms. The SMILES string of the molecule is CN(C)Cc1ccc(S(=O)(=O)N2CCC[C@@H](N)C2)cc1. The zero-order valence-electron chi connectivity index (χ0n) is 12.1. The van der Waals surface area contributed by atoms with E-state index >= 15 is 0 Å². The van der Waals surface area contributed by atoms with Crippen molar-refractivity contribution in [3.8, 4) is 0 Å². The van der Waals surface area contributed by atoms with Crippen molar-refractivity contribution in [3.05, 3.63) is 29.8 Å². The van der Waals surface area contributed by atoms with E-state index in [2.05, 4.69) is 0 Å². The molecule has 0 saturated carbocycles.